The standard InChI is InChI=1S/C21H27N3O2/c1-14(2)13-23-20(25)17-9-10-19(15(3)11-17)24-21(26)18(22)12-16-7-5-4-6-8-16/h4-11,14,18H,12-13,22H2,1-3H3,(H,23,25)(H,24,26)/t18-/m0/s1. The van der Waals surface area contributed by atoms with Crippen molar-refractivity contribution in [3.8, 4) is 0 Å². The summed E-state index contributed by atoms with van der Waals surface area (Å²) in [4.78, 5) is 24.5. The van der Waals surface area contributed by atoms with Crippen LogP contribution >= 0.6 is 0 Å². The summed E-state index contributed by atoms with van der Waals surface area (Å²) in [7, 11) is 0. The molecule has 0 radical (unpaired) electrons. The second-order valence-electron chi connectivity index (χ2n) is 6.92. The van der Waals surface area contributed by atoms with E-state index in [-0.39, 0.29) is 11.8 Å². The maximum atomic E-state index is 12.3. The molecule has 4 N–H and O–H groups in total. The molecule has 0 aromatic heterocycles. The maximum Gasteiger partial charge on any atom is 0.251 e. The molecule has 0 saturated heterocycles. The van der Waals surface area contributed by atoms with Crippen LogP contribution in [-0.4, -0.2) is 24.4 Å². The van der Waals surface area contributed by atoms with Crippen LogP contribution in [0.3, 0.4) is 0 Å². The number of nitrogens with one attached hydrogen (secondary N) is 2. The fourth-order valence-corrected chi connectivity index (χ4v) is 2.53. The summed E-state index contributed by atoms with van der Waals surface area (Å²) in [5, 5.41) is 5.74. The van der Waals surface area contributed by atoms with Crippen LogP contribution < -0.4 is 16.4 Å². The molecule has 0 aliphatic carbocycles. The highest BCUT2D eigenvalue weighted by molar-refractivity contribution is 5.98. The highest BCUT2D eigenvalue weighted by Gasteiger charge is 2.16. The molecule has 0 bridgehead atoms. The molecule has 0 saturated carbocycles. The van der Waals surface area contributed by atoms with Crippen molar-refractivity contribution in [2.45, 2.75) is 33.2 Å². The lowest BCUT2D eigenvalue weighted by atomic mass is 10.1. The van der Waals surface area contributed by atoms with Gasteiger partial charge in [0.2, 0.25) is 5.91 Å². The molecule has 5 nitrogen and oxygen atoms in total. The zero-order valence-corrected chi connectivity index (χ0v) is 15.6. The lowest BCUT2D eigenvalue weighted by Gasteiger charge is -2.15. The molecule has 0 aliphatic rings. The molecule has 2 aromatic carbocycles. The molecule has 5 heteroatoms. The molecule has 0 fully saturated rings. The van der Waals surface area contributed by atoms with Crippen LogP contribution in [0.2, 0.25) is 0 Å². The first-order chi connectivity index (χ1) is 12.4. The van der Waals surface area contributed by atoms with Gasteiger partial charge in [0.15, 0.2) is 0 Å². The smallest absolute Gasteiger partial charge is 0.251 e. The first kappa shape index (κ1) is 19.7. The minimum absolute atomic E-state index is 0.111. The SMILES string of the molecule is Cc1cc(C(=O)NCC(C)C)ccc1NC(=O)[C@@H](N)Cc1ccccc1. The largest absolute Gasteiger partial charge is 0.352 e. The van der Waals surface area contributed by atoms with Gasteiger partial charge in [0.1, 0.15) is 0 Å². The number of hydrogen-bond acceptors (Lipinski definition) is 3. The Labute approximate surface area is 155 Å². The Morgan fingerprint density at radius 3 is 2.38 bits per heavy atom. The Kier molecular flexibility index (Phi) is 6.92. The molecule has 2 rings (SSSR count). The number of aryl methyl sites for hydroxylation is 1. The van der Waals surface area contributed by atoms with Gasteiger partial charge >= 0.3 is 0 Å². The van der Waals surface area contributed by atoms with Crippen LogP contribution in [0, 0.1) is 12.8 Å². The minimum atomic E-state index is -0.634. The van der Waals surface area contributed by atoms with Crippen molar-refractivity contribution >= 4 is 17.5 Å². The third-order valence-corrected chi connectivity index (χ3v) is 4.05. The number of benzene rings is 2. The molecule has 138 valence electrons. The zero-order valence-electron chi connectivity index (χ0n) is 15.6. The Morgan fingerprint density at radius 2 is 1.77 bits per heavy atom. The number of anilines is 1. The highest BCUT2D eigenvalue weighted by atomic mass is 16.2. The highest BCUT2D eigenvalue weighted by Crippen LogP contribution is 2.17. The summed E-state index contributed by atoms with van der Waals surface area (Å²) in [6.07, 6.45) is 0.474. The summed E-state index contributed by atoms with van der Waals surface area (Å²) >= 11 is 0. The van der Waals surface area contributed by atoms with Gasteiger partial charge in [-0.15, -0.1) is 0 Å². The van der Waals surface area contributed by atoms with Crippen molar-refractivity contribution in [2.75, 3.05) is 11.9 Å². The Hall–Kier alpha value is -2.66. The lowest BCUT2D eigenvalue weighted by molar-refractivity contribution is -0.117. The number of carbonyl (C=O) groups excluding carboxylic acids is 2. The topological polar surface area (TPSA) is 84.2 Å². The van der Waals surface area contributed by atoms with E-state index < -0.39 is 6.04 Å². The molecule has 26 heavy (non-hydrogen) atoms. The average molecular weight is 353 g/mol. The van der Waals surface area contributed by atoms with Gasteiger partial charge in [-0.2, -0.15) is 0 Å². The van der Waals surface area contributed by atoms with Crippen molar-refractivity contribution < 1.29 is 9.59 Å². The van der Waals surface area contributed by atoms with Crippen LogP contribution in [0.5, 0.6) is 0 Å². The molecule has 0 heterocycles. The monoisotopic (exact) mass is 353 g/mol. The van der Waals surface area contributed by atoms with Gasteiger partial charge < -0.3 is 16.4 Å². The Morgan fingerprint density at radius 1 is 1.08 bits per heavy atom. The molecule has 0 spiro atoms. The van der Waals surface area contributed by atoms with Crippen LogP contribution in [0.1, 0.15) is 35.3 Å². The lowest BCUT2D eigenvalue weighted by Crippen LogP contribution is -2.37. The second kappa shape index (κ2) is 9.15. The van der Waals surface area contributed by atoms with Crippen molar-refractivity contribution in [3.63, 3.8) is 0 Å². The van der Waals surface area contributed by atoms with E-state index in [1.165, 1.54) is 0 Å². The predicted octanol–water partition coefficient (Wildman–Crippen LogP) is 2.89. The molecule has 1 atom stereocenters. The number of hydrogen-bond donors (Lipinski definition) is 3. The number of carbonyl (C=O) groups is 2. The zero-order chi connectivity index (χ0) is 19.1. The van der Waals surface area contributed by atoms with Crippen molar-refractivity contribution in [3.05, 3.63) is 65.2 Å². The molecule has 2 amide bonds. The minimum Gasteiger partial charge on any atom is -0.352 e. The second-order valence-corrected chi connectivity index (χ2v) is 6.92. The summed E-state index contributed by atoms with van der Waals surface area (Å²) in [6, 6.07) is 14.3. The van der Waals surface area contributed by atoms with Crippen molar-refractivity contribution in [1.82, 2.24) is 5.32 Å². The van der Waals surface area contributed by atoms with Crippen LogP contribution in [0.15, 0.2) is 48.5 Å². The van der Waals surface area contributed by atoms with Crippen LogP contribution in [0.25, 0.3) is 0 Å². The van der Waals surface area contributed by atoms with Gasteiger partial charge in [0.05, 0.1) is 6.04 Å². The summed E-state index contributed by atoms with van der Waals surface area (Å²) in [6.45, 7) is 6.58. The van der Waals surface area contributed by atoms with Crippen molar-refractivity contribution in [1.29, 1.82) is 0 Å². The quantitative estimate of drug-likeness (QED) is 0.715. The first-order valence-electron chi connectivity index (χ1n) is 8.86. The summed E-state index contributed by atoms with van der Waals surface area (Å²) < 4.78 is 0. The Balaban J connectivity index is 1.98. The Bertz CT molecular complexity index is 757. The molecule has 0 aliphatic heterocycles. The fraction of sp³-hybridized carbons (Fsp3) is 0.333. The van der Waals surface area contributed by atoms with E-state index in [1.807, 2.05) is 51.1 Å². The van der Waals surface area contributed by atoms with Crippen molar-refractivity contribution in [2.24, 2.45) is 11.7 Å². The average Bonchev–Trinajstić information content (AvgIpc) is 2.62. The molecular formula is C21H27N3O2. The molecule has 0 unspecified atom stereocenters. The summed E-state index contributed by atoms with van der Waals surface area (Å²) in [5.74, 6) is 0.0409. The number of nitrogens with two attached hydrogens (primary N) is 1. The van der Waals surface area contributed by atoms with Gasteiger partial charge in [-0.1, -0.05) is 44.2 Å². The van der Waals surface area contributed by atoms with Crippen LogP contribution in [-0.2, 0) is 11.2 Å². The van der Waals surface area contributed by atoms with Gasteiger partial charge in [0.25, 0.3) is 5.91 Å². The van der Waals surface area contributed by atoms with Gasteiger partial charge in [-0.25, -0.2) is 0 Å². The summed E-state index contributed by atoms with van der Waals surface area (Å²) in [5.41, 5.74) is 9.10. The van der Waals surface area contributed by atoms with Crippen LogP contribution in [0.4, 0.5) is 5.69 Å². The number of rotatable bonds is 7. The van der Waals surface area contributed by atoms with E-state index in [2.05, 4.69) is 10.6 Å². The number of amides is 2. The van der Waals surface area contributed by atoms with Gasteiger partial charge in [-0.3, -0.25) is 9.59 Å². The third-order valence-electron chi connectivity index (χ3n) is 4.05. The van der Waals surface area contributed by atoms with E-state index in [0.29, 0.717) is 30.1 Å². The maximum absolute atomic E-state index is 12.3. The first-order valence-corrected chi connectivity index (χ1v) is 8.86. The predicted molar refractivity (Wildman–Crippen MR) is 105 cm³/mol. The van der Waals surface area contributed by atoms with Gasteiger partial charge in [-0.05, 0) is 48.6 Å². The van der Waals surface area contributed by atoms with E-state index in [9.17, 15) is 9.59 Å². The fourth-order valence-electron chi connectivity index (χ4n) is 2.53. The third kappa shape index (κ3) is 5.70. The van der Waals surface area contributed by atoms with Gasteiger partial charge in [0, 0.05) is 17.8 Å². The van der Waals surface area contributed by atoms with E-state index in [1.54, 1.807) is 18.2 Å². The van der Waals surface area contributed by atoms with E-state index in [4.69, 9.17) is 5.73 Å². The van der Waals surface area contributed by atoms with E-state index >= 15 is 0 Å². The molecular weight excluding hydrogens is 326 g/mol. The normalized spacial score (nSPS) is 11.9. The molecule has 2 aromatic rings. The van der Waals surface area contributed by atoms with E-state index in [0.717, 1.165) is 11.1 Å².